The van der Waals surface area contributed by atoms with Gasteiger partial charge >= 0.3 is 5.97 Å². The van der Waals surface area contributed by atoms with Gasteiger partial charge in [-0.15, -0.1) is 0 Å². The highest BCUT2D eigenvalue weighted by Crippen LogP contribution is 2.27. The van der Waals surface area contributed by atoms with E-state index in [2.05, 4.69) is 5.32 Å². The Morgan fingerprint density at radius 1 is 1.33 bits per heavy atom. The quantitative estimate of drug-likeness (QED) is 0.729. The van der Waals surface area contributed by atoms with Gasteiger partial charge in [-0.2, -0.15) is 0 Å². The van der Waals surface area contributed by atoms with E-state index in [0.29, 0.717) is 5.75 Å². The summed E-state index contributed by atoms with van der Waals surface area (Å²) < 4.78 is 5.08. The molecule has 4 N–H and O–H groups in total. The highest BCUT2D eigenvalue weighted by atomic mass is 16.5. The lowest BCUT2D eigenvalue weighted by molar-refractivity contribution is -0.148. The van der Waals surface area contributed by atoms with Gasteiger partial charge in [-0.3, -0.25) is 14.4 Å². The summed E-state index contributed by atoms with van der Waals surface area (Å²) in [6.45, 7) is 2.90. The summed E-state index contributed by atoms with van der Waals surface area (Å²) >= 11 is 0. The smallest absolute Gasteiger partial charge is 0.309 e. The molecule has 1 aromatic carbocycles. The number of carboxylic acids is 1. The maximum absolute atomic E-state index is 11.9. The molecule has 0 unspecified atom stereocenters. The third kappa shape index (κ3) is 4.20. The molecule has 21 heavy (non-hydrogen) atoms. The first kappa shape index (κ1) is 16.5. The number of nitrogens with two attached hydrogens (primary N) is 1. The molecule has 0 bridgehead atoms. The average molecular weight is 294 g/mol. The number of nitrogens with one attached hydrogen (secondary N) is 1. The predicted molar refractivity (Wildman–Crippen MR) is 76.2 cm³/mol. The SMILES string of the molecule is COc1ccc(C(N)=O)cc1NC(=O)CC(C)(C)C(=O)O. The first-order valence-corrected chi connectivity index (χ1v) is 6.18. The minimum Gasteiger partial charge on any atom is -0.495 e. The zero-order valence-corrected chi connectivity index (χ0v) is 12.1. The van der Waals surface area contributed by atoms with E-state index in [1.807, 2.05) is 0 Å². The molecule has 1 aromatic rings. The van der Waals surface area contributed by atoms with Crippen LogP contribution in [0, 0.1) is 5.41 Å². The third-order valence-electron chi connectivity index (χ3n) is 2.94. The van der Waals surface area contributed by atoms with Gasteiger partial charge in [0.2, 0.25) is 11.8 Å². The highest BCUT2D eigenvalue weighted by molar-refractivity contribution is 5.98. The number of anilines is 1. The molecule has 7 nitrogen and oxygen atoms in total. The number of hydrogen-bond acceptors (Lipinski definition) is 4. The predicted octanol–water partition coefficient (Wildman–Crippen LogP) is 1.23. The zero-order chi connectivity index (χ0) is 16.2. The highest BCUT2D eigenvalue weighted by Gasteiger charge is 2.30. The summed E-state index contributed by atoms with van der Waals surface area (Å²) in [5, 5.41) is 11.5. The molecule has 0 radical (unpaired) electrons. The second-order valence-corrected chi connectivity index (χ2v) is 5.19. The van der Waals surface area contributed by atoms with Crippen molar-refractivity contribution in [2.24, 2.45) is 11.1 Å². The maximum atomic E-state index is 11.9. The number of amides is 2. The van der Waals surface area contributed by atoms with Crippen molar-refractivity contribution in [1.29, 1.82) is 0 Å². The molecule has 2 amide bonds. The van der Waals surface area contributed by atoms with E-state index in [-0.39, 0.29) is 17.7 Å². The first-order chi connectivity index (χ1) is 9.67. The van der Waals surface area contributed by atoms with Gasteiger partial charge in [-0.05, 0) is 32.0 Å². The van der Waals surface area contributed by atoms with Crippen LogP contribution in [0.2, 0.25) is 0 Å². The Hall–Kier alpha value is -2.57. The molecule has 0 fully saturated rings. The molecule has 7 heteroatoms. The number of aliphatic carboxylic acids is 1. The van der Waals surface area contributed by atoms with Crippen molar-refractivity contribution in [1.82, 2.24) is 0 Å². The Balaban J connectivity index is 2.96. The summed E-state index contributed by atoms with van der Waals surface area (Å²) in [5.74, 6) is -1.86. The van der Waals surface area contributed by atoms with Gasteiger partial charge in [0.1, 0.15) is 5.75 Å². The molecule has 114 valence electrons. The molecule has 0 aliphatic rings. The molecule has 0 atom stereocenters. The van der Waals surface area contributed by atoms with Crippen LogP contribution < -0.4 is 15.8 Å². The second kappa shape index (κ2) is 6.25. The van der Waals surface area contributed by atoms with E-state index >= 15 is 0 Å². The first-order valence-electron chi connectivity index (χ1n) is 6.18. The van der Waals surface area contributed by atoms with E-state index in [4.69, 9.17) is 15.6 Å². The van der Waals surface area contributed by atoms with Gasteiger partial charge in [-0.1, -0.05) is 0 Å². The van der Waals surface area contributed by atoms with Crippen molar-refractivity contribution in [2.45, 2.75) is 20.3 Å². The summed E-state index contributed by atoms with van der Waals surface area (Å²) in [6, 6.07) is 4.35. The van der Waals surface area contributed by atoms with E-state index in [1.54, 1.807) is 0 Å². The lowest BCUT2D eigenvalue weighted by Gasteiger charge is -2.19. The zero-order valence-electron chi connectivity index (χ0n) is 12.1. The van der Waals surface area contributed by atoms with Crippen molar-refractivity contribution in [3.8, 4) is 5.75 Å². The molecule has 0 aliphatic carbocycles. The fourth-order valence-corrected chi connectivity index (χ4v) is 1.63. The molecule has 0 heterocycles. The van der Waals surface area contributed by atoms with E-state index in [1.165, 1.54) is 39.2 Å². The number of hydrogen-bond donors (Lipinski definition) is 3. The summed E-state index contributed by atoms with van der Waals surface area (Å²) in [6.07, 6.45) is -0.216. The fraction of sp³-hybridized carbons (Fsp3) is 0.357. The van der Waals surface area contributed by atoms with Gasteiger partial charge in [0, 0.05) is 12.0 Å². The molecule has 0 aliphatic heterocycles. The van der Waals surface area contributed by atoms with Crippen LogP contribution in [-0.2, 0) is 9.59 Å². The van der Waals surface area contributed by atoms with Crippen molar-refractivity contribution in [3.05, 3.63) is 23.8 Å². The monoisotopic (exact) mass is 294 g/mol. The number of carbonyl (C=O) groups is 3. The Kier molecular flexibility index (Phi) is 4.91. The van der Waals surface area contributed by atoms with Crippen molar-refractivity contribution in [3.63, 3.8) is 0 Å². The van der Waals surface area contributed by atoms with Gasteiger partial charge in [0.25, 0.3) is 0 Å². The van der Waals surface area contributed by atoms with Crippen molar-refractivity contribution < 1.29 is 24.2 Å². The van der Waals surface area contributed by atoms with Gasteiger partial charge in [-0.25, -0.2) is 0 Å². The van der Waals surface area contributed by atoms with Crippen molar-refractivity contribution in [2.75, 3.05) is 12.4 Å². The molecule has 0 spiro atoms. The minimum atomic E-state index is -1.20. The Morgan fingerprint density at radius 2 is 1.95 bits per heavy atom. The van der Waals surface area contributed by atoms with Crippen molar-refractivity contribution >= 4 is 23.5 Å². The summed E-state index contributed by atoms with van der Waals surface area (Å²) in [5.41, 5.74) is 4.46. The minimum absolute atomic E-state index is 0.212. The van der Waals surface area contributed by atoms with E-state index in [9.17, 15) is 14.4 Å². The van der Waals surface area contributed by atoms with Gasteiger partial charge in [0.15, 0.2) is 0 Å². The molecule has 1 rings (SSSR count). The van der Waals surface area contributed by atoms with Crippen LogP contribution in [0.25, 0.3) is 0 Å². The van der Waals surface area contributed by atoms with Crippen LogP contribution in [0.4, 0.5) is 5.69 Å². The number of carboxylic acid groups (broad SMARTS) is 1. The lowest BCUT2D eigenvalue weighted by atomic mass is 9.89. The van der Waals surface area contributed by atoms with E-state index in [0.717, 1.165) is 0 Å². The lowest BCUT2D eigenvalue weighted by Crippen LogP contribution is -2.29. The molecule has 0 saturated carbocycles. The summed E-state index contributed by atoms with van der Waals surface area (Å²) in [4.78, 5) is 34.1. The van der Waals surface area contributed by atoms with Crippen LogP contribution in [0.15, 0.2) is 18.2 Å². The Labute approximate surface area is 122 Å². The number of methoxy groups -OCH3 is 1. The molecular formula is C14H18N2O5. The number of primary amides is 1. The average Bonchev–Trinajstić information content (AvgIpc) is 2.37. The van der Waals surface area contributed by atoms with Gasteiger partial charge in [0.05, 0.1) is 18.2 Å². The van der Waals surface area contributed by atoms with Crippen LogP contribution in [-0.4, -0.2) is 30.0 Å². The Morgan fingerprint density at radius 3 is 2.43 bits per heavy atom. The number of rotatable bonds is 6. The largest absolute Gasteiger partial charge is 0.495 e. The normalized spacial score (nSPS) is 10.8. The van der Waals surface area contributed by atoms with Crippen LogP contribution in [0.3, 0.4) is 0 Å². The number of ether oxygens (including phenoxy) is 1. The molecule has 0 saturated heterocycles. The Bertz CT molecular complexity index is 581. The third-order valence-corrected chi connectivity index (χ3v) is 2.94. The van der Waals surface area contributed by atoms with E-state index < -0.39 is 23.2 Å². The maximum Gasteiger partial charge on any atom is 0.309 e. The standard InChI is InChI=1S/C14H18N2O5/c1-14(2,13(19)20)7-11(17)16-9-6-8(12(15)18)4-5-10(9)21-3/h4-6H,7H2,1-3H3,(H2,15,18)(H,16,17)(H,19,20). The number of benzene rings is 1. The second-order valence-electron chi connectivity index (χ2n) is 5.19. The fourth-order valence-electron chi connectivity index (χ4n) is 1.63. The topological polar surface area (TPSA) is 119 Å². The molecular weight excluding hydrogens is 276 g/mol. The van der Waals surface area contributed by atoms with Gasteiger partial charge < -0.3 is 20.9 Å². The molecule has 0 aromatic heterocycles. The number of carbonyl (C=O) groups excluding carboxylic acids is 2. The van der Waals surface area contributed by atoms with Crippen LogP contribution >= 0.6 is 0 Å². The van der Waals surface area contributed by atoms with Crippen LogP contribution in [0.1, 0.15) is 30.6 Å². The summed E-state index contributed by atoms with van der Waals surface area (Å²) in [7, 11) is 1.41. The van der Waals surface area contributed by atoms with Crippen LogP contribution in [0.5, 0.6) is 5.75 Å².